The van der Waals surface area contributed by atoms with Crippen molar-refractivity contribution in [1.82, 2.24) is 4.90 Å². The molecular formula is C24H22N2O5. The quantitative estimate of drug-likeness (QED) is 0.755. The van der Waals surface area contributed by atoms with Gasteiger partial charge in [0.1, 0.15) is 5.60 Å². The summed E-state index contributed by atoms with van der Waals surface area (Å²) in [6, 6.07) is 15.4. The molecule has 2 aromatic rings. The Hall–Kier alpha value is -3.32. The maximum atomic E-state index is 13.3. The Balaban J connectivity index is 1.19. The summed E-state index contributed by atoms with van der Waals surface area (Å²) in [6.07, 6.45) is 4.30. The van der Waals surface area contributed by atoms with Crippen molar-refractivity contribution in [2.45, 2.75) is 18.1 Å². The summed E-state index contributed by atoms with van der Waals surface area (Å²) in [5, 5.41) is 2.94. The van der Waals surface area contributed by atoms with Crippen molar-refractivity contribution in [3.05, 3.63) is 66.2 Å². The standard InChI is InChI=1S/C24H22N2O5/c27-22(25-16-6-7-17-19(12-16)30-14-29-17)20-18-8-10-24(31-18)13-26(23(28)21(20)24)11-9-15-4-2-1-3-5-15/h1-8,10,12,18,20-21H,9,11,13-14H2,(H,25,27)/t18-,20-,21-,24-/m1/s1. The van der Waals surface area contributed by atoms with Crippen LogP contribution in [-0.4, -0.2) is 48.3 Å². The fourth-order valence-corrected chi connectivity index (χ4v) is 5.18. The van der Waals surface area contributed by atoms with Gasteiger partial charge in [0.05, 0.1) is 24.5 Å². The fourth-order valence-electron chi connectivity index (χ4n) is 5.18. The van der Waals surface area contributed by atoms with E-state index in [0.717, 1.165) is 6.42 Å². The van der Waals surface area contributed by atoms with E-state index in [1.165, 1.54) is 5.56 Å². The molecule has 1 N–H and O–H groups in total. The predicted molar refractivity (Wildman–Crippen MR) is 112 cm³/mol. The van der Waals surface area contributed by atoms with Crippen molar-refractivity contribution < 1.29 is 23.8 Å². The second-order valence-corrected chi connectivity index (χ2v) is 8.45. The molecule has 0 aromatic heterocycles. The first-order valence-electron chi connectivity index (χ1n) is 10.5. The van der Waals surface area contributed by atoms with E-state index in [4.69, 9.17) is 14.2 Å². The highest BCUT2D eigenvalue weighted by Crippen LogP contribution is 2.52. The third-order valence-corrected chi connectivity index (χ3v) is 6.63. The maximum Gasteiger partial charge on any atom is 0.231 e. The smallest absolute Gasteiger partial charge is 0.231 e. The van der Waals surface area contributed by atoms with Gasteiger partial charge in [0.2, 0.25) is 18.6 Å². The lowest BCUT2D eigenvalue weighted by atomic mass is 9.77. The number of fused-ring (bicyclic) bond motifs is 2. The van der Waals surface area contributed by atoms with Crippen molar-refractivity contribution in [2.24, 2.45) is 11.8 Å². The lowest BCUT2D eigenvalue weighted by Gasteiger charge is -2.23. The van der Waals surface area contributed by atoms with Gasteiger partial charge in [0.15, 0.2) is 11.5 Å². The van der Waals surface area contributed by atoms with Crippen molar-refractivity contribution >= 4 is 17.5 Å². The van der Waals surface area contributed by atoms with Gasteiger partial charge in [-0.05, 0) is 24.1 Å². The number of ether oxygens (including phenoxy) is 3. The number of nitrogens with one attached hydrogen (secondary N) is 1. The van der Waals surface area contributed by atoms with Crippen LogP contribution in [-0.2, 0) is 20.7 Å². The molecule has 0 radical (unpaired) electrons. The summed E-state index contributed by atoms with van der Waals surface area (Å²) in [7, 11) is 0. The van der Waals surface area contributed by atoms with Crippen LogP contribution in [0.3, 0.4) is 0 Å². The second-order valence-electron chi connectivity index (χ2n) is 8.45. The third kappa shape index (κ3) is 2.91. The van der Waals surface area contributed by atoms with E-state index in [2.05, 4.69) is 17.4 Å². The van der Waals surface area contributed by atoms with Gasteiger partial charge >= 0.3 is 0 Å². The van der Waals surface area contributed by atoms with Crippen molar-refractivity contribution in [2.75, 3.05) is 25.2 Å². The largest absolute Gasteiger partial charge is 0.454 e. The molecule has 7 nitrogen and oxygen atoms in total. The molecule has 1 spiro atoms. The molecule has 4 aliphatic heterocycles. The van der Waals surface area contributed by atoms with Gasteiger partial charge < -0.3 is 24.4 Å². The zero-order chi connectivity index (χ0) is 21.0. The van der Waals surface area contributed by atoms with E-state index >= 15 is 0 Å². The van der Waals surface area contributed by atoms with E-state index in [-0.39, 0.29) is 24.7 Å². The Morgan fingerprint density at radius 2 is 1.97 bits per heavy atom. The molecule has 4 atom stereocenters. The SMILES string of the molecule is O=C(Nc1ccc2c(c1)OCO2)[C@@H]1[C@H]2C=C[C@]3(CN(CCc4ccccc4)C(=O)[C@@H]13)O2. The number of hydrogen-bond donors (Lipinski definition) is 1. The van der Waals surface area contributed by atoms with Gasteiger partial charge in [-0.15, -0.1) is 0 Å². The second kappa shape index (κ2) is 6.85. The van der Waals surface area contributed by atoms with Crippen LogP contribution in [0.5, 0.6) is 11.5 Å². The average molecular weight is 418 g/mol. The highest BCUT2D eigenvalue weighted by molar-refractivity contribution is 5.99. The first-order valence-corrected chi connectivity index (χ1v) is 10.5. The number of nitrogens with zero attached hydrogens (tertiary/aromatic N) is 1. The maximum absolute atomic E-state index is 13.3. The molecule has 31 heavy (non-hydrogen) atoms. The summed E-state index contributed by atoms with van der Waals surface area (Å²) in [4.78, 5) is 28.4. The van der Waals surface area contributed by atoms with Crippen LogP contribution >= 0.6 is 0 Å². The van der Waals surface area contributed by atoms with Crippen LogP contribution in [0.4, 0.5) is 5.69 Å². The Kier molecular flexibility index (Phi) is 4.08. The highest BCUT2D eigenvalue weighted by atomic mass is 16.7. The number of benzene rings is 2. The number of carbonyl (C=O) groups is 2. The normalized spacial score (nSPS) is 29.5. The molecule has 2 bridgehead atoms. The molecule has 0 unspecified atom stereocenters. The first kappa shape index (κ1) is 18.4. The Bertz CT molecular complexity index is 1080. The van der Waals surface area contributed by atoms with E-state index in [1.54, 1.807) is 18.2 Å². The molecule has 2 saturated heterocycles. The lowest BCUT2D eigenvalue weighted by Crippen LogP contribution is -2.41. The molecule has 4 heterocycles. The minimum absolute atomic E-state index is 0.00591. The molecule has 0 saturated carbocycles. The number of anilines is 1. The minimum atomic E-state index is -0.699. The summed E-state index contributed by atoms with van der Waals surface area (Å²) >= 11 is 0. The number of amides is 2. The Morgan fingerprint density at radius 1 is 1.13 bits per heavy atom. The zero-order valence-corrected chi connectivity index (χ0v) is 16.8. The minimum Gasteiger partial charge on any atom is -0.454 e. The van der Waals surface area contributed by atoms with Crippen LogP contribution in [0.25, 0.3) is 0 Å². The topological polar surface area (TPSA) is 77.1 Å². The molecular weight excluding hydrogens is 396 g/mol. The van der Waals surface area contributed by atoms with Gasteiger partial charge in [-0.2, -0.15) is 0 Å². The van der Waals surface area contributed by atoms with Gasteiger partial charge in [-0.3, -0.25) is 9.59 Å². The fraction of sp³-hybridized carbons (Fsp3) is 0.333. The number of rotatable bonds is 5. The predicted octanol–water partition coefficient (Wildman–Crippen LogP) is 2.38. The molecule has 6 rings (SSSR count). The molecule has 4 aliphatic rings. The van der Waals surface area contributed by atoms with E-state index in [0.29, 0.717) is 30.3 Å². The number of carbonyl (C=O) groups excluding carboxylic acids is 2. The summed E-state index contributed by atoms with van der Waals surface area (Å²) < 4.78 is 16.9. The molecule has 2 fully saturated rings. The average Bonchev–Trinajstić information content (AvgIpc) is 3.53. The summed E-state index contributed by atoms with van der Waals surface area (Å²) in [6.45, 7) is 1.28. The highest BCUT2D eigenvalue weighted by Gasteiger charge is 2.66. The van der Waals surface area contributed by atoms with Gasteiger partial charge in [0, 0.05) is 18.3 Å². The van der Waals surface area contributed by atoms with E-state index < -0.39 is 17.4 Å². The van der Waals surface area contributed by atoms with Crippen molar-refractivity contribution in [1.29, 1.82) is 0 Å². The number of likely N-dealkylation sites (tertiary alicyclic amines) is 1. The number of hydrogen-bond acceptors (Lipinski definition) is 5. The zero-order valence-electron chi connectivity index (χ0n) is 16.8. The monoisotopic (exact) mass is 418 g/mol. The van der Waals surface area contributed by atoms with Gasteiger partial charge in [-0.25, -0.2) is 0 Å². The van der Waals surface area contributed by atoms with Crippen LogP contribution in [0.2, 0.25) is 0 Å². The molecule has 2 amide bonds. The Labute approximate surface area is 179 Å². The van der Waals surface area contributed by atoms with Crippen LogP contribution in [0.15, 0.2) is 60.7 Å². The van der Waals surface area contributed by atoms with Gasteiger partial charge in [-0.1, -0.05) is 42.5 Å². The molecule has 2 aromatic carbocycles. The van der Waals surface area contributed by atoms with Crippen LogP contribution < -0.4 is 14.8 Å². The molecule has 7 heteroatoms. The van der Waals surface area contributed by atoms with E-state index in [9.17, 15) is 9.59 Å². The van der Waals surface area contributed by atoms with Gasteiger partial charge in [0.25, 0.3) is 0 Å². The molecule has 158 valence electrons. The summed E-state index contributed by atoms with van der Waals surface area (Å²) in [5.74, 6) is -0.00513. The molecule has 0 aliphatic carbocycles. The van der Waals surface area contributed by atoms with E-state index in [1.807, 2.05) is 35.3 Å². The summed E-state index contributed by atoms with van der Waals surface area (Å²) in [5.41, 5.74) is 1.10. The van der Waals surface area contributed by atoms with Crippen LogP contribution in [0, 0.1) is 11.8 Å². The Morgan fingerprint density at radius 3 is 2.84 bits per heavy atom. The van der Waals surface area contributed by atoms with Crippen molar-refractivity contribution in [3.8, 4) is 11.5 Å². The van der Waals surface area contributed by atoms with Crippen LogP contribution in [0.1, 0.15) is 5.56 Å². The third-order valence-electron chi connectivity index (χ3n) is 6.63. The first-order chi connectivity index (χ1) is 15.1. The lowest BCUT2D eigenvalue weighted by molar-refractivity contribution is -0.135. The van der Waals surface area contributed by atoms with Crippen molar-refractivity contribution in [3.63, 3.8) is 0 Å².